The number of piperidine rings is 1. The van der Waals surface area contributed by atoms with Crippen molar-refractivity contribution in [2.75, 3.05) is 19.6 Å². The van der Waals surface area contributed by atoms with Gasteiger partial charge in [-0.25, -0.2) is 13.6 Å². The Bertz CT molecular complexity index is 729. The van der Waals surface area contributed by atoms with Crippen LogP contribution in [0.2, 0.25) is 0 Å². The first-order valence-corrected chi connectivity index (χ1v) is 8.71. The van der Waals surface area contributed by atoms with Crippen LogP contribution in [0, 0.1) is 11.6 Å². The van der Waals surface area contributed by atoms with Gasteiger partial charge in [0.2, 0.25) is 0 Å². The van der Waals surface area contributed by atoms with E-state index in [2.05, 4.69) is 15.5 Å². The van der Waals surface area contributed by atoms with Crippen LogP contribution in [0.4, 0.5) is 13.6 Å². The number of likely N-dealkylation sites (tertiary alicyclic amines) is 1. The molecular weight excluding hydrogens is 334 g/mol. The summed E-state index contributed by atoms with van der Waals surface area (Å²) in [5.41, 5.74) is 0.264. The summed E-state index contributed by atoms with van der Waals surface area (Å²) in [5.74, 6) is -1.03. The fourth-order valence-corrected chi connectivity index (χ4v) is 3.80. The standard InChI is InChI=1S/C16H18F2N4OS/c1-2-19-16(23)22-7-5-10(6-8-22)14-20-21-15(24-14)12-4-3-11(17)9-13(12)18/h3-4,9-10H,2,5-8H2,1H3,(H,19,23). The molecule has 1 aromatic heterocycles. The van der Waals surface area contributed by atoms with E-state index in [4.69, 9.17) is 0 Å². The fraction of sp³-hybridized carbons (Fsp3) is 0.438. The van der Waals surface area contributed by atoms with Crippen molar-refractivity contribution in [3.05, 3.63) is 34.8 Å². The predicted octanol–water partition coefficient (Wildman–Crippen LogP) is 3.39. The molecule has 0 spiro atoms. The summed E-state index contributed by atoms with van der Waals surface area (Å²) in [6.45, 7) is 3.83. The number of aromatic nitrogens is 2. The summed E-state index contributed by atoms with van der Waals surface area (Å²) in [5, 5.41) is 12.3. The van der Waals surface area contributed by atoms with E-state index in [0.717, 1.165) is 23.9 Å². The highest BCUT2D eigenvalue weighted by Crippen LogP contribution is 2.34. The molecule has 1 aliphatic heterocycles. The zero-order valence-electron chi connectivity index (χ0n) is 13.3. The lowest BCUT2D eigenvalue weighted by Crippen LogP contribution is -2.44. The van der Waals surface area contributed by atoms with E-state index in [9.17, 15) is 13.6 Å². The molecule has 2 amide bonds. The van der Waals surface area contributed by atoms with Gasteiger partial charge in [0, 0.05) is 37.2 Å². The van der Waals surface area contributed by atoms with Crippen LogP contribution in [0.3, 0.4) is 0 Å². The lowest BCUT2D eigenvalue weighted by Gasteiger charge is -2.30. The Morgan fingerprint density at radius 3 is 2.75 bits per heavy atom. The van der Waals surface area contributed by atoms with Crippen molar-refractivity contribution in [3.8, 4) is 10.6 Å². The highest BCUT2D eigenvalue weighted by molar-refractivity contribution is 7.14. The van der Waals surface area contributed by atoms with Crippen LogP contribution in [0.5, 0.6) is 0 Å². The Balaban J connectivity index is 1.67. The van der Waals surface area contributed by atoms with Gasteiger partial charge in [0.05, 0.1) is 0 Å². The van der Waals surface area contributed by atoms with Gasteiger partial charge >= 0.3 is 6.03 Å². The quantitative estimate of drug-likeness (QED) is 0.921. The van der Waals surface area contributed by atoms with E-state index >= 15 is 0 Å². The van der Waals surface area contributed by atoms with Gasteiger partial charge in [0.15, 0.2) is 5.01 Å². The number of halogens is 2. The maximum Gasteiger partial charge on any atom is 0.317 e. The van der Waals surface area contributed by atoms with Gasteiger partial charge < -0.3 is 10.2 Å². The molecule has 0 atom stereocenters. The Labute approximate surface area is 142 Å². The number of hydrogen-bond donors (Lipinski definition) is 1. The number of rotatable bonds is 3. The molecule has 24 heavy (non-hydrogen) atoms. The molecule has 128 valence electrons. The predicted molar refractivity (Wildman–Crippen MR) is 87.9 cm³/mol. The monoisotopic (exact) mass is 352 g/mol. The smallest absolute Gasteiger partial charge is 0.317 e. The molecule has 3 rings (SSSR count). The largest absolute Gasteiger partial charge is 0.338 e. The van der Waals surface area contributed by atoms with Crippen molar-refractivity contribution in [2.45, 2.75) is 25.7 Å². The molecule has 1 N–H and O–H groups in total. The van der Waals surface area contributed by atoms with Crippen LogP contribution in [0.1, 0.15) is 30.7 Å². The zero-order chi connectivity index (χ0) is 17.1. The van der Waals surface area contributed by atoms with Gasteiger partial charge in [-0.2, -0.15) is 0 Å². The minimum Gasteiger partial charge on any atom is -0.338 e. The lowest BCUT2D eigenvalue weighted by atomic mass is 9.98. The highest BCUT2D eigenvalue weighted by atomic mass is 32.1. The summed E-state index contributed by atoms with van der Waals surface area (Å²) < 4.78 is 26.9. The third-order valence-electron chi connectivity index (χ3n) is 4.06. The third kappa shape index (κ3) is 3.53. The number of amides is 2. The highest BCUT2D eigenvalue weighted by Gasteiger charge is 2.26. The molecule has 0 saturated carbocycles. The van der Waals surface area contributed by atoms with Gasteiger partial charge in [-0.1, -0.05) is 11.3 Å². The summed E-state index contributed by atoms with van der Waals surface area (Å²) in [4.78, 5) is 13.6. The molecule has 2 heterocycles. The molecule has 0 unspecified atom stereocenters. The van der Waals surface area contributed by atoms with Crippen molar-refractivity contribution < 1.29 is 13.6 Å². The van der Waals surface area contributed by atoms with Crippen LogP contribution in [-0.2, 0) is 0 Å². The van der Waals surface area contributed by atoms with E-state index in [-0.39, 0.29) is 17.5 Å². The summed E-state index contributed by atoms with van der Waals surface area (Å²) in [6, 6.07) is 3.40. The molecular formula is C16H18F2N4OS. The van der Waals surface area contributed by atoms with Crippen LogP contribution in [0.15, 0.2) is 18.2 Å². The van der Waals surface area contributed by atoms with Crippen LogP contribution >= 0.6 is 11.3 Å². The minimum absolute atomic E-state index is 0.0395. The molecule has 1 aliphatic rings. The van der Waals surface area contributed by atoms with Gasteiger partial charge in [0.1, 0.15) is 16.6 Å². The number of hydrogen-bond acceptors (Lipinski definition) is 4. The molecule has 0 radical (unpaired) electrons. The molecule has 1 fully saturated rings. The Kier molecular flexibility index (Phi) is 5.03. The molecule has 2 aromatic rings. The van der Waals surface area contributed by atoms with E-state index in [1.54, 1.807) is 4.90 Å². The van der Waals surface area contributed by atoms with Crippen LogP contribution in [0.25, 0.3) is 10.6 Å². The molecule has 1 aromatic carbocycles. The Hall–Kier alpha value is -2.09. The third-order valence-corrected chi connectivity index (χ3v) is 5.18. The summed E-state index contributed by atoms with van der Waals surface area (Å²) in [6.07, 6.45) is 1.61. The number of benzene rings is 1. The van der Waals surface area contributed by atoms with Crippen LogP contribution in [-0.4, -0.2) is 40.8 Å². The Morgan fingerprint density at radius 2 is 2.08 bits per heavy atom. The van der Waals surface area contributed by atoms with Crippen molar-refractivity contribution in [1.82, 2.24) is 20.4 Å². The molecule has 0 aliphatic carbocycles. The number of carbonyl (C=O) groups is 1. The average Bonchev–Trinajstić information content (AvgIpc) is 3.05. The first-order valence-electron chi connectivity index (χ1n) is 7.90. The number of carbonyl (C=O) groups excluding carboxylic acids is 1. The second-order valence-electron chi connectivity index (χ2n) is 5.67. The Morgan fingerprint density at radius 1 is 1.33 bits per heavy atom. The molecule has 5 nitrogen and oxygen atoms in total. The second-order valence-corrected chi connectivity index (χ2v) is 6.68. The summed E-state index contributed by atoms with van der Waals surface area (Å²) >= 11 is 1.33. The van der Waals surface area contributed by atoms with E-state index in [1.165, 1.54) is 23.5 Å². The van der Waals surface area contributed by atoms with Crippen LogP contribution < -0.4 is 5.32 Å². The summed E-state index contributed by atoms with van der Waals surface area (Å²) in [7, 11) is 0. The van der Waals surface area contributed by atoms with Gasteiger partial charge in [-0.15, -0.1) is 10.2 Å². The lowest BCUT2D eigenvalue weighted by molar-refractivity contribution is 0.182. The van der Waals surface area contributed by atoms with Crippen molar-refractivity contribution in [2.24, 2.45) is 0 Å². The topological polar surface area (TPSA) is 58.1 Å². The SMILES string of the molecule is CCNC(=O)N1CCC(c2nnc(-c3ccc(F)cc3F)s2)CC1. The first kappa shape index (κ1) is 16.8. The van der Waals surface area contributed by atoms with Gasteiger partial charge in [-0.05, 0) is 31.9 Å². The number of urea groups is 1. The van der Waals surface area contributed by atoms with E-state index < -0.39 is 11.6 Å². The van der Waals surface area contributed by atoms with Crippen molar-refractivity contribution >= 4 is 17.4 Å². The van der Waals surface area contributed by atoms with E-state index in [1.807, 2.05) is 6.92 Å². The van der Waals surface area contributed by atoms with E-state index in [0.29, 0.717) is 24.6 Å². The van der Waals surface area contributed by atoms with Gasteiger partial charge in [0.25, 0.3) is 0 Å². The van der Waals surface area contributed by atoms with Crippen molar-refractivity contribution in [3.63, 3.8) is 0 Å². The zero-order valence-corrected chi connectivity index (χ0v) is 14.1. The maximum absolute atomic E-state index is 13.8. The molecule has 1 saturated heterocycles. The average molecular weight is 352 g/mol. The minimum atomic E-state index is -0.635. The first-order chi connectivity index (χ1) is 11.6. The maximum atomic E-state index is 13.8. The number of nitrogens with zero attached hydrogens (tertiary/aromatic N) is 3. The molecule has 0 bridgehead atoms. The fourth-order valence-electron chi connectivity index (χ4n) is 2.76. The molecule has 8 heteroatoms. The number of nitrogens with one attached hydrogen (secondary N) is 1. The second kappa shape index (κ2) is 7.21. The van der Waals surface area contributed by atoms with Gasteiger partial charge in [-0.3, -0.25) is 0 Å². The normalized spacial score (nSPS) is 15.5. The van der Waals surface area contributed by atoms with Crippen molar-refractivity contribution in [1.29, 1.82) is 0 Å².